The van der Waals surface area contributed by atoms with E-state index >= 15 is 0 Å². The molecule has 1 aromatic heterocycles. The lowest BCUT2D eigenvalue weighted by atomic mass is 10.1. The van der Waals surface area contributed by atoms with Gasteiger partial charge >= 0.3 is 5.97 Å². The van der Waals surface area contributed by atoms with E-state index in [1.807, 2.05) is 59.5 Å². The maximum Gasteiger partial charge on any atom is 0.303 e. The van der Waals surface area contributed by atoms with E-state index in [0.29, 0.717) is 19.5 Å². The zero-order valence-corrected chi connectivity index (χ0v) is 23.6. The molecule has 4 aromatic rings. The number of unbranched alkanes of at least 4 members (excludes halogenated alkanes) is 4. The minimum Gasteiger partial charge on any atom is -0.497 e. The van der Waals surface area contributed by atoms with Gasteiger partial charge in [-0.25, -0.2) is 0 Å². The fraction of sp³-hybridized carbons (Fsp3) is 0.333. The molecule has 0 unspecified atom stereocenters. The summed E-state index contributed by atoms with van der Waals surface area (Å²) in [5.41, 5.74) is 5.00. The van der Waals surface area contributed by atoms with Gasteiger partial charge in [-0.15, -0.1) is 0 Å². The highest BCUT2D eigenvalue weighted by Gasteiger charge is 2.26. The summed E-state index contributed by atoms with van der Waals surface area (Å²) in [6, 6.07) is 24.3. The molecule has 0 aliphatic carbocycles. The molecular weight excluding hydrogens is 504 g/mol. The van der Waals surface area contributed by atoms with Crippen molar-refractivity contribution in [1.29, 1.82) is 0 Å². The van der Waals surface area contributed by atoms with Crippen LogP contribution >= 0.6 is 0 Å². The predicted octanol–water partition coefficient (Wildman–Crippen LogP) is 7.15. The van der Waals surface area contributed by atoms with Gasteiger partial charge in [-0.3, -0.25) is 9.59 Å². The second-order valence-corrected chi connectivity index (χ2v) is 9.96. The molecule has 0 radical (unpaired) electrons. The number of aliphatic carboxylic acids is 1. The van der Waals surface area contributed by atoms with Crippen molar-refractivity contribution in [2.45, 2.75) is 52.0 Å². The Hall–Kier alpha value is -4.26. The Morgan fingerprint density at radius 3 is 2.12 bits per heavy atom. The number of fused-ring (bicyclic) bond motifs is 1. The van der Waals surface area contributed by atoms with E-state index in [4.69, 9.17) is 14.6 Å². The summed E-state index contributed by atoms with van der Waals surface area (Å²) in [7, 11) is 3.30. The third-order valence-corrected chi connectivity index (χ3v) is 7.21. The third kappa shape index (κ3) is 6.84. The molecule has 0 bridgehead atoms. The van der Waals surface area contributed by atoms with Crippen LogP contribution in [0, 0.1) is 0 Å². The first-order valence-electron chi connectivity index (χ1n) is 13.8. The number of ether oxygens (including phenoxy) is 2. The lowest BCUT2D eigenvalue weighted by Crippen LogP contribution is -2.30. The monoisotopic (exact) mass is 542 g/mol. The van der Waals surface area contributed by atoms with Crippen LogP contribution in [0.2, 0.25) is 0 Å². The van der Waals surface area contributed by atoms with Gasteiger partial charge in [-0.05, 0) is 60.9 Å². The van der Waals surface area contributed by atoms with E-state index in [0.717, 1.165) is 70.6 Å². The van der Waals surface area contributed by atoms with E-state index in [1.54, 1.807) is 21.1 Å². The second kappa shape index (κ2) is 13.7. The highest BCUT2D eigenvalue weighted by Crippen LogP contribution is 2.43. The summed E-state index contributed by atoms with van der Waals surface area (Å²) in [4.78, 5) is 25.9. The molecule has 1 amide bonds. The molecule has 210 valence electrons. The predicted molar refractivity (Wildman–Crippen MR) is 159 cm³/mol. The largest absolute Gasteiger partial charge is 0.497 e. The number of carboxylic acids is 1. The first-order valence-corrected chi connectivity index (χ1v) is 13.8. The van der Waals surface area contributed by atoms with Crippen LogP contribution in [0.4, 0.5) is 5.69 Å². The highest BCUT2D eigenvalue weighted by molar-refractivity contribution is 6.09. The summed E-state index contributed by atoms with van der Waals surface area (Å²) in [5, 5.41) is 9.84. The smallest absolute Gasteiger partial charge is 0.303 e. The Labute approximate surface area is 235 Å². The van der Waals surface area contributed by atoms with Gasteiger partial charge in [0, 0.05) is 37.4 Å². The maximum absolute atomic E-state index is 13.2. The van der Waals surface area contributed by atoms with Crippen LogP contribution in [0.3, 0.4) is 0 Å². The van der Waals surface area contributed by atoms with Crippen molar-refractivity contribution in [2.24, 2.45) is 0 Å². The molecule has 0 spiro atoms. The molecular formula is C33H38N2O5. The van der Waals surface area contributed by atoms with Gasteiger partial charge in [0.15, 0.2) is 0 Å². The Kier molecular flexibility index (Phi) is 9.84. The number of nitrogens with zero attached hydrogens (tertiary/aromatic N) is 2. The molecule has 0 fully saturated rings. The van der Waals surface area contributed by atoms with Gasteiger partial charge in [0.25, 0.3) is 0 Å². The summed E-state index contributed by atoms with van der Waals surface area (Å²) < 4.78 is 13.3. The lowest BCUT2D eigenvalue weighted by molar-refractivity contribution is -0.137. The number of carbonyl (C=O) groups is 2. The molecule has 0 saturated heterocycles. The van der Waals surface area contributed by atoms with E-state index in [9.17, 15) is 9.59 Å². The minimum absolute atomic E-state index is 0.0257. The molecule has 0 aliphatic rings. The molecule has 40 heavy (non-hydrogen) atoms. The SMILES string of the molecule is COc1ccc(-c2c(N(CCCCCCCC(=O)O)C(C)=O)c3cc(OC)ccc3n2Cc2ccccc2)cc1. The summed E-state index contributed by atoms with van der Waals surface area (Å²) >= 11 is 0. The van der Waals surface area contributed by atoms with E-state index < -0.39 is 5.97 Å². The van der Waals surface area contributed by atoms with Crippen molar-refractivity contribution in [3.05, 3.63) is 78.4 Å². The standard InChI is InChI=1S/C33H38N2O5/c1-24(36)34(21-11-6-4-5-10-14-31(37)38)33-29-22-28(40-3)19-20-30(29)35(23-25-12-8-7-9-13-25)32(33)26-15-17-27(39-2)18-16-26/h7-9,12-13,15-20,22H,4-6,10-11,14,21,23H2,1-3H3,(H,37,38). The number of amides is 1. The number of carboxylic acid groups (broad SMARTS) is 1. The van der Waals surface area contributed by atoms with Crippen LogP contribution in [0.25, 0.3) is 22.2 Å². The van der Waals surface area contributed by atoms with Crippen molar-refractivity contribution in [3.63, 3.8) is 0 Å². The zero-order chi connectivity index (χ0) is 28.5. The van der Waals surface area contributed by atoms with Crippen LogP contribution in [0.1, 0.15) is 51.0 Å². The van der Waals surface area contributed by atoms with Gasteiger partial charge < -0.3 is 24.0 Å². The van der Waals surface area contributed by atoms with Crippen LogP contribution in [-0.4, -0.2) is 42.3 Å². The summed E-state index contributed by atoms with van der Waals surface area (Å²) in [6.07, 6.45) is 4.44. The van der Waals surface area contributed by atoms with Gasteiger partial charge in [-0.1, -0.05) is 49.6 Å². The van der Waals surface area contributed by atoms with Gasteiger partial charge in [-0.2, -0.15) is 0 Å². The quantitative estimate of drug-likeness (QED) is 0.171. The molecule has 0 saturated carbocycles. The van der Waals surface area contributed by atoms with Crippen LogP contribution in [0.5, 0.6) is 11.5 Å². The normalized spacial score (nSPS) is 11.0. The van der Waals surface area contributed by atoms with E-state index in [1.165, 1.54) is 0 Å². The summed E-state index contributed by atoms with van der Waals surface area (Å²) in [6.45, 7) is 2.82. The molecule has 0 atom stereocenters. The lowest BCUT2D eigenvalue weighted by Gasteiger charge is -2.24. The zero-order valence-electron chi connectivity index (χ0n) is 23.6. The number of methoxy groups -OCH3 is 2. The highest BCUT2D eigenvalue weighted by atomic mass is 16.5. The molecule has 4 rings (SSSR count). The molecule has 1 N–H and O–H groups in total. The second-order valence-electron chi connectivity index (χ2n) is 9.96. The number of hydrogen-bond acceptors (Lipinski definition) is 4. The maximum atomic E-state index is 13.2. The number of aromatic nitrogens is 1. The summed E-state index contributed by atoms with van der Waals surface area (Å²) in [5.74, 6) is 0.719. The van der Waals surface area contributed by atoms with Crippen molar-refractivity contribution in [3.8, 4) is 22.8 Å². The average Bonchev–Trinajstić information content (AvgIpc) is 3.27. The van der Waals surface area contributed by atoms with Gasteiger partial charge in [0.1, 0.15) is 11.5 Å². The van der Waals surface area contributed by atoms with Crippen molar-refractivity contribution in [1.82, 2.24) is 4.57 Å². The number of hydrogen-bond donors (Lipinski definition) is 1. The third-order valence-electron chi connectivity index (χ3n) is 7.21. The topological polar surface area (TPSA) is 81.0 Å². The fourth-order valence-electron chi connectivity index (χ4n) is 5.19. The first kappa shape index (κ1) is 28.7. The van der Waals surface area contributed by atoms with Gasteiger partial charge in [0.2, 0.25) is 5.91 Å². The van der Waals surface area contributed by atoms with E-state index in [-0.39, 0.29) is 12.3 Å². The number of benzene rings is 3. The minimum atomic E-state index is -0.754. The molecule has 7 heteroatoms. The van der Waals surface area contributed by atoms with E-state index in [2.05, 4.69) is 22.8 Å². The fourth-order valence-corrected chi connectivity index (χ4v) is 5.19. The van der Waals surface area contributed by atoms with Crippen molar-refractivity contribution in [2.75, 3.05) is 25.7 Å². The molecule has 0 aliphatic heterocycles. The van der Waals surface area contributed by atoms with Crippen LogP contribution in [0.15, 0.2) is 72.8 Å². The van der Waals surface area contributed by atoms with Crippen LogP contribution in [-0.2, 0) is 16.1 Å². The first-order chi connectivity index (χ1) is 19.4. The molecule has 1 heterocycles. The molecule has 7 nitrogen and oxygen atoms in total. The Morgan fingerprint density at radius 1 is 0.825 bits per heavy atom. The molecule has 3 aromatic carbocycles. The van der Waals surface area contributed by atoms with Crippen LogP contribution < -0.4 is 14.4 Å². The number of anilines is 1. The Balaban J connectivity index is 1.80. The Bertz CT molecular complexity index is 1430. The number of carbonyl (C=O) groups excluding carboxylic acids is 1. The Morgan fingerprint density at radius 2 is 1.48 bits per heavy atom. The average molecular weight is 543 g/mol. The van der Waals surface area contributed by atoms with Crippen molar-refractivity contribution >= 4 is 28.5 Å². The number of rotatable bonds is 14. The van der Waals surface area contributed by atoms with Gasteiger partial charge in [0.05, 0.1) is 31.1 Å². The van der Waals surface area contributed by atoms with Crippen molar-refractivity contribution < 1.29 is 24.2 Å².